The van der Waals surface area contributed by atoms with E-state index in [1.165, 1.54) is 0 Å². The van der Waals surface area contributed by atoms with E-state index in [-0.39, 0.29) is 5.91 Å². The molecule has 1 atom stereocenters. The fraction of sp³-hybridized carbons (Fsp3) is 0.533. The van der Waals surface area contributed by atoms with Crippen molar-refractivity contribution in [3.8, 4) is 11.5 Å². The summed E-state index contributed by atoms with van der Waals surface area (Å²) in [6.07, 6.45) is 1.31. The van der Waals surface area contributed by atoms with Crippen LogP contribution in [0.3, 0.4) is 0 Å². The third kappa shape index (κ3) is 5.04. The Balaban J connectivity index is 2.66. The Labute approximate surface area is 129 Å². The van der Waals surface area contributed by atoms with Crippen LogP contribution in [0.2, 0.25) is 0 Å². The molecule has 0 aliphatic carbocycles. The van der Waals surface area contributed by atoms with E-state index in [2.05, 4.69) is 22.9 Å². The van der Waals surface area contributed by atoms with E-state index in [0.29, 0.717) is 22.7 Å². The first-order chi connectivity index (χ1) is 9.47. The zero-order valence-electron chi connectivity index (χ0n) is 12.5. The van der Waals surface area contributed by atoms with Gasteiger partial charge in [-0.3, -0.25) is 4.79 Å². The molecule has 0 spiro atoms. The summed E-state index contributed by atoms with van der Waals surface area (Å²) in [5, 5.41) is 0. The van der Waals surface area contributed by atoms with E-state index in [1.54, 1.807) is 19.1 Å². The van der Waals surface area contributed by atoms with Crippen molar-refractivity contribution in [3.05, 3.63) is 23.8 Å². The van der Waals surface area contributed by atoms with Crippen molar-refractivity contribution < 1.29 is 14.3 Å². The van der Waals surface area contributed by atoms with Crippen LogP contribution in [0.5, 0.6) is 11.5 Å². The van der Waals surface area contributed by atoms with E-state index in [4.69, 9.17) is 9.47 Å². The number of hydrogen-bond donors (Lipinski definition) is 0. The highest BCUT2D eigenvalue weighted by molar-refractivity contribution is 9.09. The fourth-order valence-electron chi connectivity index (χ4n) is 1.80. The molecule has 112 valence electrons. The van der Waals surface area contributed by atoms with Crippen molar-refractivity contribution in [2.75, 3.05) is 27.8 Å². The second-order valence-corrected chi connectivity index (χ2v) is 6.31. The van der Waals surface area contributed by atoms with Gasteiger partial charge in [0, 0.05) is 18.4 Å². The van der Waals surface area contributed by atoms with Crippen molar-refractivity contribution >= 4 is 21.8 Å². The molecule has 0 heterocycles. The number of alkyl halides is 1. The minimum atomic E-state index is 0.102. The van der Waals surface area contributed by atoms with Crippen molar-refractivity contribution in [2.24, 2.45) is 0 Å². The quantitative estimate of drug-likeness (QED) is 0.714. The van der Waals surface area contributed by atoms with Crippen LogP contribution in [0.15, 0.2) is 18.2 Å². The molecule has 0 fully saturated rings. The molecule has 1 aromatic rings. The largest absolute Gasteiger partial charge is 0.493 e. The van der Waals surface area contributed by atoms with Gasteiger partial charge in [0.1, 0.15) is 0 Å². The number of halogens is 1. The van der Waals surface area contributed by atoms with E-state index in [9.17, 15) is 4.79 Å². The maximum atomic E-state index is 12.1. The molecule has 0 bridgehead atoms. The number of benzene rings is 1. The van der Waals surface area contributed by atoms with Gasteiger partial charge in [-0.1, -0.05) is 28.9 Å². The molecular formula is C15H22BrNO3. The van der Waals surface area contributed by atoms with E-state index < -0.39 is 0 Å². The molecule has 0 radical (unpaired) electrons. The molecule has 1 aromatic carbocycles. The Morgan fingerprint density at radius 3 is 2.50 bits per heavy atom. The number of methoxy groups -OCH3 is 2. The van der Waals surface area contributed by atoms with Gasteiger partial charge in [0.05, 0.1) is 20.6 Å². The van der Waals surface area contributed by atoms with Gasteiger partial charge in [0.2, 0.25) is 5.91 Å². The van der Waals surface area contributed by atoms with Crippen LogP contribution in [0, 0.1) is 0 Å². The minimum Gasteiger partial charge on any atom is -0.493 e. The molecule has 0 aliphatic heterocycles. The van der Waals surface area contributed by atoms with Crippen LogP contribution in [0.25, 0.3) is 0 Å². The van der Waals surface area contributed by atoms with Gasteiger partial charge in [-0.2, -0.15) is 0 Å². The van der Waals surface area contributed by atoms with Crippen LogP contribution in [-0.4, -0.2) is 43.4 Å². The number of hydrogen-bond acceptors (Lipinski definition) is 3. The highest BCUT2D eigenvalue weighted by Gasteiger charge is 2.12. The average molecular weight is 344 g/mol. The number of nitrogens with zero attached hydrogens (tertiary/aromatic N) is 1. The number of amides is 1. The third-order valence-electron chi connectivity index (χ3n) is 3.09. The lowest BCUT2D eigenvalue weighted by atomic mass is 10.1. The van der Waals surface area contributed by atoms with Crippen molar-refractivity contribution in [1.82, 2.24) is 4.90 Å². The van der Waals surface area contributed by atoms with Crippen LogP contribution in [0.1, 0.15) is 18.9 Å². The predicted molar refractivity (Wildman–Crippen MR) is 83.9 cm³/mol. The number of ether oxygens (including phenoxy) is 2. The second kappa shape index (κ2) is 8.15. The summed E-state index contributed by atoms with van der Waals surface area (Å²) in [7, 11) is 5.02. The van der Waals surface area contributed by atoms with Gasteiger partial charge in [0.25, 0.3) is 0 Å². The smallest absolute Gasteiger partial charge is 0.226 e. The summed E-state index contributed by atoms with van der Waals surface area (Å²) < 4.78 is 10.4. The van der Waals surface area contributed by atoms with Gasteiger partial charge in [0.15, 0.2) is 11.5 Å². The molecule has 0 aromatic heterocycles. The van der Waals surface area contributed by atoms with E-state index in [1.807, 2.05) is 25.2 Å². The maximum Gasteiger partial charge on any atom is 0.226 e. The van der Waals surface area contributed by atoms with Gasteiger partial charge in [-0.15, -0.1) is 0 Å². The summed E-state index contributed by atoms with van der Waals surface area (Å²) >= 11 is 3.49. The number of likely N-dealkylation sites (N-methyl/N-ethyl adjacent to an activating group) is 1. The Bertz CT molecular complexity index is 449. The first kappa shape index (κ1) is 16.8. The zero-order valence-corrected chi connectivity index (χ0v) is 14.1. The van der Waals surface area contributed by atoms with Crippen molar-refractivity contribution in [3.63, 3.8) is 0 Å². The lowest BCUT2D eigenvalue weighted by Crippen LogP contribution is -2.30. The number of rotatable bonds is 7. The third-order valence-corrected chi connectivity index (χ3v) is 3.55. The van der Waals surface area contributed by atoms with Crippen LogP contribution < -0.4 is 9.47 Å². The lowest BCUT2D eigenvalue weighted by Gasteiger charge is -2.18. The molecule has 20 heavy (non-hydrogen) atoms. The lowest BCUT2D eigenvalue weighted by molar-refractivity contribution is -0.129. The molecule has 0 N–H and O–H groups in total. The summed E-state index contributed by atoms with van der Waals surface area (Å²) in [6, 6.07) is 5.56. The Morgan fingerprint density at radius 1 is 1.30 bits per heavy atom. The fourth-order valence-corrected chi connectivity index (χ4v) is 2.00. The Morgan fingerprint density at radius 2 is 1.95 bits per heavy atom. The Hall–Kier alpha value is -1.23. The van der Waals surface area contributed by atoms with Gasteiger partial charge < -0.3 is 14.4 Å². The number of carbonyl (C=O) groups excluding carboxylic acids is 1. The molecule has 1 rings (SSSR count). The normalized spacial score (nSPS) is 11.8. The van der Waals surface area contributed by atoms with Crippen molar-refractivity contribution in [1.29, 1.82) is 0 Å². The molecule has 4 nitrogen and oxygen atoms in total. The Kier molecular flexibility index (Phi) is 6.85. The molecule has 0 aliphatic rings. The standard InChI is InChI=1S/C15H22BrNO3/c1-11(16)7-8-17(2)15(18)10-12-5-6-13(19-3)14(9-12)20-4/h5-6,9,11H,7-8,10H2,1-4H3. The summed E-state index contributed by atoms with van der Waals surface area (Å²) in [5.74, 6) is 1.42. The summed E-state index contributed by atoms with van der Waals surface area (Å²) in [4.78, 5) is 14.3. The minimum absolute atomic E-state index is 0.102. The molecule has 5 heteroatoms. The van der Waals surface area contributed by atoms with Crippen LogP contribution in [-0.2, 0) is 11.2 Å². The predicted octanol–water partition coefficient (Wildman–Crippen LogP) is 2.88. The van der Waals surface area contributed by atoms with E-state index >= 15 is 0 Å². The molecule has 1 unspecified atom stereocenters. The maximum absolute atomic E-state index is 12.1. The van der Waals surface area contributed by atoms with Gasteiger partial charge in [-0.05, 0) is 24.1 Å². The zero-order chi connectivity index (χ0) is 15.1. The van der Waals surface area contributed by atoms with Gasteiger partial charge in [-0.25, -0.2) is 0 Å². The molecular weight excluding hydrogens is 322 g/mol. The molecule has 0 saturated heterocycles. The summed E-state index contributed by atoms with van der Waals surface area (Å²) in [6.45, 7) is 2.82. The van der Waals surface area contributed by atoms with Gasteiger partial charge >= 0.3 is 0 Å². The topological polar surface area (TPSA) is 38.8 Å². The SMILES string of the molecule is COc1ccc(CC(=O)N(C)CCC(C)Br)cc1OC. The number of carbonyl (C=O) groups is 1. The monoisotopic (exact) mass is 343 g/mol. The van der Waals surface area contributed by atoms with Crippen LogP contribution >= 0.6 is 15.9 Å². The first-order valence-electron chi connectivity index (χ1n) is 6.56. The van der Waals surface area contributed by atoms with Crippen molar-refractivity contribution in [2.45, 2.75) is 24.6 Å². The molecule has 0 saturated carbocycles. The molecule has 1 amide bonds. The van der Waals surface area contributed by atoms with E-state index in [0.717, 1.165) is 18.5 Å². The first-order valence-corrected chi connectivity index (χ1v) is 7.48. The second-order valence-electron chi connectivity index (χ2n) is 4.75. The average Bonchev–Trinajstić information content (AvgIpc) is 2.44. The van der Waals surface area contributed by atoms with Crippen LogP contribution in [0.4, 0.5) is 0 Å². The highest BCUT2D eigenvalue weighted by atomic mass is 79.9. The highest BCUT2D eigenvalue weighted by Crippen LogP contribution is 2.27. The summed E-state index contributed by atoms with van der Waals surface area (Å²) in [5.41, 5.74) is 0.923.